The van der Waals surface area contributed by atoms with Crippen LogP contribution >= 0.6 is 27.7 Å². The Kier molecular flexibility index (Phi) is 6.48. The third-order valence-electron chi connectivity index (χ3n) is 4.54. The molecule has 0 N–H and O–H groups in total. The Balaban J connectivity index is 1.95. The highest BCUT2D eigenvalue weighted by Crippen LogP contribution is 2.41. The van der Waals surface area contributed by atoms with E-state index in [9.17, 15) is 0 Å². The van der Waals surface area contributed by atoms with Crippen LogP contribution in [0.15, 0.2) is 29.2 Å². The minimum absolute atomic E-state index is 0.526. The summed E-state index contributed by atoms with van der Waals surface area (Å²) in [6.07, 6.45) is 8.49. The number of rotatable bonds is 5. The first-order valence-corrected chi connectivity index (χ1v) is 10.0. The zero-order valence-corrected chi connectivity index (χ0v) is 15.2. The van der Waals surface area contributed by atoms with E-state index in [0.717, 1.165) is 5.33 Å². The van der Waals surface area contributed by atoms with Crippen LogP contribution in [0.4, 0.5) is 0 Å². The molecule has 0 aromatic heterocycles. The van der Waals surface area contributed by atoms with Gasteiger partial charge < -0.3 is 0 Å². The number of halogens is 1. The number of hydrogen-bond donors (Lipinski definition) is 0. The van der Waals surface area contributed by atoms with Crippen LogP contribution in [0.25, 0.3) is 0 Å². The highest BCUT2D eigenvalue weighted by molar-refractivity contribution is 9.09. The van der Waals surface area contributed by atoms with Crippen LogP contribution in [0.3, 0.4) is 0 Å². The molecule has 0 aliphatic heterocycles. The van der Waals surface area contributed by atoms with E-state index >= 15 is 0 Å². The van der Waals surface area contributed by atoms with Crippen molar-refractivity contribution in [3.63, 3.8) is 0 Å². The average Bonchev–Trinajstić information content (AvgIpc) is 2.72. The van der Waals surface area contributed by atoms with Gasteiger partial charge in [0.1, 0.15) is 0 Å². The highest BCUT2D eigenvalue weighted by atomic mass is 79.9. The van der Waals surface area contributed by atoms with Crippen molar-refractivity contribution in [3.05, 3.63) is 29.8 Å². The molecule has 0 heterocycles. The van der Waals surface area contributed by atoms with Gasteiger partial charge in [-0.05, 0) is 41.9 Å². The minimum Gasteiger partial charge on any atom is -0.126 e. The van der Waals surface area contributed by atoms with E-state index in [2.05, 4.69) is 65.8 Å². The fourth-order valence-corrected chi connectivity index (χ4v) is 5.19. The lowest BCUT2D eigenvalue weighted by Gasteiger charge is -2.30. The van der Waals surface area contributed by atoms with Crippen LogP contribution in [0.5, 0.6) is 0 Å². The van der Waals surface area contributed by atoms with Gasteiger partial charge in [-0.15, -0.1) is 11.8 Å². The summed E-state index contributed by atoms with van der Waals surface area (Å²) in [6, 6.07) is 9.19. The smallest absolute Gasteiger partial charge is 0.00959 e. The zero-order chi connectivity index (χ0) is 14.4. The first kappa shape index (κ1) is 16.4. The Morgan fingerprint density at radius 1 is 1.05 bits per heavy atom. The molecule has 0 saturated heterocycles. The topological polar surface area (TPSA) is 0 Å². The largest absolute Gasteiger partial charge is 0.126 e. The maximum atomic E-state index is 3.79. The summed E-state index contributed by atoms with van der Waals surface area (Å²) in [4.78, 5) is 1.43. The third kappa shape index (κ3) is 4.53. The summed E-state index contributed by atoms with van der Waals surface area (Å²) in [5.41, 5.74) is 1.97. The van der Waals surface area contributed by atoms with Crippen LogP contribution < -0.4 is 0 Å². The van der Waals surface area contributed by atoms with E-state index in [4.69, 9.17) is 0 Å². The Morgan fingerprint density at radius 2 is 1.65 bits per heavy atom. The van der Waals surface area contributed by atoms with Gasteiger partial charge in [-0.25, -0.2) is 0 Å². The molecule has 0 unspecified atom stereocenters. The van der Waals surface area contributed by atoms with Crippen LogP contribution in [0, 0.1) is 5.41 Å². The molecule has 1 aliphatic rings. The molecule has 0 amide bonds. The molecule has 2 rings (SSSR count). The summed E-state index contributed by atoms with van der Waals surface area (Å²) in [5.74, 6) is 1.89. The summed E-state index contributed by atoms with van der Waals surface area (Å²) in [7, 11) is 0. The summed E-state index contributed by atoms with van der Waals surface area (Å²) in [5, 5.41) is 1.16. The lowest BCUT2D eigenvalue weighted by Crippen LogP contribution is -2.25. The molecule has 0 spiro atoms. The molecular weight excluding hydrogens is 328 g/mol. The molecule has 1 aliphatic carbocycles. The molecule has 1 aromatic carbocycles. The monoisotopic (exact) mass is 354 g/mol. The standard InChI is InChI=1S/C18H27BrS/c1-15(2)16-7-9-17(10-8-16)20-14-18(13-19)11-5-3-4-6-12-18/h7-10,15H,3-6,11-14H2,1-2H3. The predicted molar refractivity (Wildman–Crippen MR) is 95.2 cm³/mol. The Bertz CT molecular complexity index is 388. The van der Waals surface area contributed by atoms with Gasteiger partial charge in [0, 0.05) is 16.0 Å². The van der Waals surface area contributed by atoms with Gasteiger partial charge in [0.15, 0.2) is 0 Å². The van der Waals surface area contributed by atoms with Crippen molar-refractivity contribution >= 4 is 27.7 Å². The lowest BCUT2D eigenvalue weighted by molar-refractivity contribution is 0.334. The number of benzene rings is 1. The summed E-state index contributed by atoms with van der Waals surface area (Å²) in [6.45, 7) is 4.51. The minimum atomic E-state index is 0.526. The molecule has 112 valence electrons. The van der Waals surface area contributed by atoms with Gasteiger partial charge in [-0.3, -0.25) is 0 Å². The molecule has 0 bridgehead atoms. The van der Waals surface area contributed by atoms with Crippen molar-refractivity contribution < 1.29 is 0 Å². The quantitative estimate of drug-likeness (QED) is 0.324. The van der Waals surface area contributed by atoms with Gasteiger partial charge in [0.2, 0.25) is 0 Å². The first-order chi connectivity index (χ1) is 9.65. The van der Waals surface area contributed by atoms with Crippen molar-refractivity contribution in [1.29, 1.82) is 0 Å². The van der Waals surface area contributed by atoms with E-state index < -0.39 is 0 Å². The first-order valence-electron chi connectivity index (χ1n) is 7.94. The van der Waals surface area contributed by atoms with E-state index in [0.29, 0.717) is 11.3 Å². The highest BCUT2D eigenvalue weighted by Gasteiger charge is 2.29. The van der Waals surface area contributed by atoms with Crippen molar-refractivity contribution in [1.82, 2.24) is 0 Å². The molecule has 2 heteroatoms. The van der Waals surface area contributed by atoms with Crippen LogP contribution in [-0.4, -0.2) is 11.1 Å². The van der Waals surface area contributed by atoms with Crippen molar-refractivity contribution in [2.75, 3.05) is 11.1 Å². The number of thioether (sulfide) groups is 1. The second-order valence-corrected chi connectivity index (χ2v) is 8.17. The van der Waals surface area contributed by atoms with Crippen molar-refractivity contribution in [2.45, 2.75) is 63.2 Å². The molecule has 0 radical (unpaired) electrons. The maximum Gasteiger partial charge on any atom is 0.00959 e. The zero-order valence-electron chi connectivity index (χ0n) is 12.8. The lowest BCUT2D eigenvalue weighted by atomic mass is 9.85. The fourth-order valence-electron chi connectivity index (χ4n) is 2.98. The van der Waals surface area contributed by atoms with E-state index in [1.165, 1.54) is 54.7 Å². The van der Waals surface area contributed by atoms with Gasteiger partial charge in [0.05, 0.1) is 0 Å². The Labute approximate surface area is 137 Å². The maximum absolute atomic E-state index is 3.79. The number of alkyl halides is 1. The van der Waals surface area contributed by atoms with Crippen LogP contribution in [-0.2, 0) is 0 Å². The molecule has 1 saturated carbocycles. The molecule has 0 nitrogen and oxygen atoms in total. The van der Waals surface area contributed by atoms with E-state index in [-0.39, 0.29) is 0 Å². The van der Waals surface area contributed by atoms with E-state index in [1.807, 2.05) is 0 Å². The molecule has 1 fully saturated rings. The molecule has 1 aromatic rings. The van der Waals surface area contributed by atoms with Gasteiger partial charge in [-0.2, -0.15) is 0 Å². The SMILES string of the molecule is CC(C)c1ccc(SCC2(CBr)CCCCCC2)cc1. The van der Waals surface area contributed by atoms with Gasteiger partial charge in [0.25, 0.3) is 0 Å². The van der Waals surface area contributed by atoms with Gasteiger partial charge >= 0.3 is 0 Å². The Morgan fingerprint density at radius 3 is 2.15 bits per heavy atom. The summed E-state index contributed by atoms with van der Waals surface area (Å²) < 4.78 is 0. The molecule has 20 heavy (non-hydrogen) atoms. The van der Waals surface area contributed by atoms with Crippen molar-refractivity contribution in [3.8, 4) is 0 Å². The van der Waals surface area contributed by atoms with Crippen molar-refractivity contribution in [2.24, 2.45) is 5.41 Å². The average molecular weight is 355 g/mol. The fraction of sp³-hybridized carbons (Fsp3) is 0.667. The molecule has 0 atom stereocenters. The third-order valence-corrected chi connectivity index (χ3v) is 7.09. The van der Waals surface area contributed by atoms with Crippen LogP contribution in [0.1, 0.15) is 63.9 Å². The second-order valence-electron chi connectivity index (χ2n) is 6.56. The number of hydrogen-bond acceptors (Lipinski definition) is 1. The van der Waals surface area contributed by atoms with Crippen LogP contribution in [0.2, 0.25) is 0 Å². The predicted octanol–water partition coefficient (Wildman–Crippen LogP) is 6.64. The van der Waals surface area contributed by atoms with Gasteiger partial charge in [-0.1, -0.05) is 67.6 Å². The van der Waals surface area contributed by atoms with E-state index in [1.54, 1.807) is 0 Å². The second kappa shape index (κ2) is 7.89. The normalized spacial score (nSPS) is 19.0. The summed E-state index contributed by atoms with van der Waals surface area (Å²) >= 11 is 5.84. The molecular formula is C18H27BrS. The Hall–Kier alpha value is 0.0500.